The fourth-order valence-corrected chi connectivity index (χ4v) is 3.62. The van der Waals surface area contributed by atoms with Crippen LogP contribution in [-0.2, 0) is 0 Å². The highest BCUT2D eigenvalue weighted by Gasteiger charge is 2.18. The molecule has 1 saturated heterocycles. The summed E-state index contributed by atoms with van der Waals surface area (Å²) in [6.45, 7) is 12.2. The van der Waals surface area contributed by atoms with Crippen molar-refractivity contribution >= 4 is 11.9 Å². The summed E-state index contributed by atoms with van der Waals surface area (Å²) in [7, 11) is 0. The van der Waals surface area contributed by atoms with Crippen LogP contribution in [0.1, 0.15) is 39.5 Å². The van der Waals surface area contributed by atoms with Gasteiger partial charge in [-0.3, -0.25) is 9.89 Å². The van der Waals surface area contributed by atoms with Crippen molar-refractivity contribution in [3.05, 3.63) is 18.5 Å². The highest BCUT2D eigenvalue weighted by Crippen LogP contribution is 2.11. The predicted molar refractivity (Wildman–Crippen MR) is 119 cm³/mol. The smallest absolute Gasteiger partial charge is 0.225 e. The third-order valence-electron chi connectivity index (χ3n) is 5.24. The molecular formula is C21H39N7O. The minimum absolute atomic E-state index is 0.244. The van der Waals surface area contributed by atoms with E-state index >= 15 is 0 Å². The molecule has 0 bridgehead atoms. The second-order valence-corrected chi connectivity index (χ2v) is 7.54. The maximum absolute atomic E-state index is 9.22. The second kappa shape index (κ2) is 14.1. The Kier molecular flexibility index (Phi) is 11.4. The van der Waals surface area contributed by atoms with Gasteiger partial charge in [-0.1, -0.05) is 13.3 Å². The Morgan fingerprint density at radius 3 is 2.55 bits per heavy atom. The topological polar surface area (TPSA) is 88.9 Å². The Hall–Kier alpha value is -1.93. The average molecular weight is 406 g/mol. The van der Waals surface area contributed by atoms with E-state index in [4.69, 9.17) is 4.99 Å². The third-order valence-corrected chi connectivity index (χ3v) is 5.24. The van der Waals surface area contributed by atoms with Crippen molar-refractivity contribution in [1.82, 2.24) is 25.5 Å². The van der Waals surface area contributed by atoms with Crippen molar-refractivity contribution in [2.45, 2.75) is 39.5 Å². The van der Waals surface area contributed by atoms with E-state index in [1.165, 1.54) is 0 Å². The van der Waals surface area contributed by atoms with E-state index in [2.05, 4.69) is 44.2 Å². The molecule has 164 valence electrons. The van der Waals surface area contributed by atoms with Crippen LogP contribution in [0.2, 0.25) is 0 Å². The van der Waals surface area contributed by atoms with Gasteiger partial charge >= 0.3 is 0 Å². The molecule has 1 aromatic rings. The summed E-state index contributed by atoms with van der Waals surface area (Å²) in [5, 5.41) is 16.0. The van der Waals surface area contributed by atoms with Gasteiger partial charge in [0.2, 0.25) is 5.95 Å². The Balaban J connectivity index is 1.66. The van der Waals surface area contributed by atoms with E-state index in [1.807, 2.05) is 6.07 Å². The van der Waals surface area contributed by atoms with E-state index in [0.717, 1.165) is 89.9 Å². The molecule has 1 fully saturated rings. The van der Waals surface area contributed by atoms with Crippen LogP contribution < -0.4 is 15.5 Å². The first-order chi connectivity index (χ1) is 14.3. The van der Waals surface area contributed by atoms with Crippen molar-refractivity contribution in [2.24, 2.45) is 10.9 Å². The molecule has 0 saturated carbocycles. The first-order valence-electron chi connectivity index (χ1n) is 11.1. The highest BCUT2D eigenvalue weighted by atomic mass is 16.3. The normalized spacial score (nSPS) is 16.7. The summed E-state index contributed by atoms with van der Waals surface area (Å²) in [6.07, 6.45) is 7.77. The lowest BCUT2D eigenvalue weighted by Gasteiger charge is -2.34. The van der Waals surface area contributed by atoms with Crippen molar-refractivity contribution in [3.8, 4) is 0 Å². The maximum Gasteiger partial charge on any atom is 0.225 e. The van der Waals surface area contributed by atoms with Gasteiger partial charge in [-0.25, -0.2) is 9.97 Å². The fraction of sp³-hybridized carbons (Fsp3) is 0.762. The largest absolute Gasteiger partial charge is 0.396 e. The Morgan fingerprint density at radius 1 is 1.14 bits per heavy atom. The molecule has 8 nitrogen and oxygen atoms in total. The number of guanidine groups is 1. The number of piperazine rings is 1. The number of hydrogen-bond acceptors (Lipinski definition) is 6. The van der Waals surface area contributed by atoms with Crippen LogP contribution in [0.5, 0.6) is 0 Å². The van der Waals surface area contributed by atoms with Crippen LogP contribution in [0.15, 0.2) is 23.5 Å². The molecule has 1 atom stereocenters. The molecule has 8 heteroatoms. The molecule has 0 aromatic carbocycles. The van der Waals surface area contributed by atoms with Crippen LogP contribution in [0.4, 0.5) is 5.95 Å². The molecule has 2 rings (SSSR count). The van der Waals surface area contributed by atoms with Gasteiger partial charge in [0, 0.05) is 64.8 Å². The first-order valence-corrected chi connectivity index (χ1v) is 11.1. The monoisotopic (exact) mass is 405 g/mol. The first kappa shape index (κ1) is 23.3. The summed E-state index contributed by atoms with van der Waals surface area (Å²) >= 11 is 0. The van der Waals surface area contributed by atoms with Gasteiger partial charge in [0.1, 0.15) is 0 Å². The molecule has 1 aromatic heterocycles. The number of nitrogens with one attached hydrogen (secondary N) is 2. The van der Waals surface area contributed by atoms with Gasteiger partial charge in [0.05, 0.1) is 0 Å². The number of rotatable bonds is 12. The predicted octanol–water partition coefficient (Wildman–Crippen LogP) is 1.34. The molecule has 2 heterocycles. The van der Waals surface area contributed by atoms with Gasteiger partial charge in [-0.05, 0) is 44.7 Å². The maximum atomic E-state index is 9.22. The quantitative estimate of drug-likeness (QED) is 0.275. The molecule has 1 unspecified atom stereocenters. The van der Waals surface area contributed by atoms with Crippen molar-refractivity contribution in [2.75, 3.05) is 63.9 Å². The summed E-state index contributed by atoms with van der Waals surface area (Å²) in [6, 6.07) is 1.86. The molecule has 0 amide bonds. The number of hydrogen-bond donors (Lipinski definition) is 3. The van der Waals surface area contributed by atoms with E-state index in [9.17, 15) is 5.11 Å². The minimum atomic E-state index is 0.244. The summed E-state index contributed by atoms with van der Waals surface area (Å²) < 4.78 is 0. The van der Waals surface area contributed by atoms with Gasteiger partial charge in [-0.15, -0.1) is 0 Å². The third kappa shape index (κ3) is 8.95. The summed E-state index contributed by atoms with van der Waals surface area (Å²) in [5.74, 6) is 2.19. The molecule has 0 aliphatic carbocycles. The number of anilines is 1. The average Bonchev–Trinajstić information content (AvgIpc) is 2.76. The molecule has 3 N–H and O–H groups in total. The lowest BCUT2D eigenvalue weighted by Crippen LogP contribution is -2.47. The van der Waals surface area contributed by atoms with Crippen LogP contribution >= 0.6 is 0 Å². The summed E-state index contributed by atoms with van der Waals surface area (Å²) in [5.41, 5.74) is 0. The lowest BCUT2D eigenvalue weighted by atomic mass is 10.0. The van der Waals surface area contributed by atoms with E-state index in [-0.39, 0.29) is 6.61 Å². The molecular weight excluding hydrogens is 366 g/mol. The van der Waals surface area contributed by atoms with Crippen LogP contribution in [-0.4, -0.2) is 84.9 Å². The van der Waals surface area contributed by atoms with Crippen LogP contribution in [0.25, 0.3) is 0 Å². The van der Waals surface area contributed by atoms with Gasteiger partial charge in [-0.2, -0.15) is 0 Å². The van der Waals surface area contributed by atoms with Gasteiger partial charge in [0.25, 0.3) is 0 Å². The Labute approximate surface area is 175 Å². The minimum Gasteiger partial charge on any atom is -0.396 e. The van der Waals surface area contributed by atoms with E-state index in [0.29, 0.717) is 5.92 Å². The number of aliphatic hydroxyl groups excluding tert-OH is 1. The molecule has 0 radical (unpaired) electrons. The number of nitrogens with zero attached hydrogens (tertiary/aromatic N) is 5. The summed E-state index contributed by atoms with van der Waals surface area (Å²) in [4.78, 5) is 18.2. The number of aliphatic hydroxyl groups is 1. The number of aliphatic imine (C=N–C) groups is 1. The second-order valence-electron chi connectivity index (χ2n) is 7.54. The molecule has 0 spiro atoms. The molecule has 1 aliphatic heterocycles. The lowest BCUT2D eigenvalue weighted by molar-refractivity contribution is 0.253. The van der Waals surface area contributed by atoms with Crippen molar-refractivity contribution in [1.29, 1.82) is 0 Å². The highest BCUT2D eigenvalue weighted by molar-refractivity contribution is 5.79. The van der Waals surface area contributed by atoms with Crippen molar-refractivity contribution in [3.63, 3.8) is 0 Å². The van der Waals surface area contributed by atoms with Gasteiger partial charge in [0.15, 0.2) is 5.96 Å². The Morgan fingerprint density at radius 2 is 1.90 bits per heavy atom. The zero-order chi connectivity index (χ0) is 20.7. The van der Waals surface area contributed by atoms with E-state index in [1.54, 1.807) is 12.4 Å². The Bertz CT molecular complexity index is 555. The molecule has 1 aliphatic rings. The SMILES string of the molecule is CCCC(CCO)CN=C(NCC)NCCCN1CCN(c2ncccn2)CC1. The van der Waals surface area contributed by atoms with E-state index < -0.39 is 0 Å². The number of aromatic nitrogens is 2. The van der Waals surface area contributed by atoms with Gasteiger partial charge < -0.3 is 20.6 Å². The zero-order valence-electron chi connectivity index (χ0n) is 18.2. The zero-order valence-corrected chi connectivity index (χ0v) is 18.2. The fourth-order valence-electron chi connectivity index (χ4n) is 3.62. The standard InChI is InChI=1S/C21H39N7O/c1-3-7-19(8-17-29)18-26-20(22-4-2)23-11-6-12-27-13-15-28(16-14-27)21-24-9-5-10-25-21/h5,9-10,19,29H,3-4,6-8,11-18H2,1-2H3,(H2,22,23,26). The van der Waals surface area contributed by atoms with Crippen molar-refractivity contribution < 1.29 is 5.11 Å². The van der Waals surface area contributed by atoms with Crippen LogP contribution in [0, 0.1) is 5.92 Å². The van der Waals surface area contributed by atoms with Crippen LogP contribution in [0.3, 0.4) is 0 Å². The molecule has 29 heavy (non-hydrogen) atoms.